The lowest BCUT2D eigenvalue weighted by Gasteiger charge is -2.39. The number of aryl methyl sites for hydroxylation is 1. The van der Waals surface area contributed by atoms with Crippen molar-refractivity contribution >= 4 is 11.6 Å². The summed E-state index contributed by atoms with van der Waals surface area (Å²) in [5.74, 6) is 8.05. The predicted molar refractivity (Wildman–Crippen MR) is 75.7 cm³/mol. The Balaban J connectivity index is 2.16. The van der Waals surface area contributed by atoms with Gasteiger partial charge in [-0.3, -0.25) is 0 Å². The highest BCUT2D eigenvalue weighted by atomic mass is 16.3. The van der Waals surface area contributed by atoms with E-state index in [1.165, 1.54) is 0 Å². The summed E-state index contributed by atoms with van der Waals surface area (Å²) in [5, 5.41) is 13.1. The molecule has 0 spiro atoms. The minimum atomic E-state index is -0.265. The SMILES string of the molecule is Cc1nc(NN)cc(NC2(CO)CCC(C)CC2)n1. The highest BCUT2D eigenvalue weighted by Gasteiger charge is 2.33. The Morgan fingerprint density at radius 1 is 1.37 bits per heavy atom. The highest BCUT2D eigenvalue weighted by molar-refractivity contribution is 5.48. The molecule has 5 N–H and O–H groups in total. The van der Waals surface area contributed by atoms with E-state index >= 15 is 0 Å². The molecule has 6 heteroatoms. The Bertz CT molecular complexity index is 429. The summed E-state index contributed by atoms with van der Waals surface area (Å²) < 4.78 is 0. The minimum Gasteiger partial charge on any atom is -0.394 e. The Kier molecular flexibility index (Phi) is 4.21. The Labute approximate surface area is 113 Å². The van der Waals surface area contributed by atoms with Crippen LogP contribution in [0.2, 0.25) is 0 Å². The lowest BCUT2D eigenvalue weighted by Crippen LogP contribution is -2.45. The molecule has 0 aromatic carbocycles. The van der Waals surface area contributed by atoms with Gasteiger partial charge in [0.15, 0.2) is 0 Å². The molecule has 0 unspecified atom stereocenters. The lowest BCUT2D eigenvalue weighted by molar-refractivity contribution is 0.155. The zero-order valence-corrected chi connectivity index (χ0v) is 11.6. The normalized spacial score (nSPS) is 27.1. The molecule has 19 heavy (non-hydrogen) atoms. The number of aliphatic hydroxyl groups excluding tert-OH is 1. The lowest BCUT2D eigenvalue weighted by atomic mass is 9.77. The summed E-state index contributed by atoms with van der Waals surface area (Å²) in [5.41, 5.74) is 2.26. The first kappa shape index (κ1) is 14.0. The van der Waals surface area contributed by atoms with Gasteiger partial charge in [-0.25, -0.2) is 15.8 Å². The van der Waals surface area contributed by atoms with Gasteiger partial charge in [0, 0.05) is 6.07 Å². The van der Waals surface area contributed by atoms with Crippen molar-refractivity contribution in [3.05, 3.63) is 11.9 Å². The number of aliphatic hydroxyl groups is 1. The van der Waals surface area contributed by atoms with Crippen molar-refractivity contribution in [1.29, 1.82) is 0 Å². The average molecular weight is 265 g/mol. The van der Waals surface area contributed by atoms with Gasteiger partial charge in [0.2, 0.25) is 0 Å². The molecule has 2 rings (SSSR count). The summed E-state index contributed by atoms with van der Waals surface area (Å²) >= 11 is 0. The molecule has 0 atom stereocenters. The van der Waals surface area contributed by atoms with Crippen molar-refractivity contribution in [3.63, 3.8) is 0 Å². The largest absolute Gasteiger partial charge is 0.394 e. The molecule has 0 aliphatic heterocycles. The van der Waals surface area contributed by atoms with Crippen LogP contribution >= 0.6 is 0 Å². The number of aromatic nitrogens is 2. The van der Waals surface area contributed by atoms with E-state index in [1.807, 2.05) is 6.92 Å². The topological polar surface area (TPSA) is 96.1 Å². The van der Waals surface area contributed by atoms with Gasteiger partial charge in [-0.05, 0) is 38.5 Å². The molecule has 1 fully saturated rings. The quantitative estimate of drug-likeness (QED) is 0.486. The van der Waals surface area contributed by atoms with Gasteiger partial charge in [-0.2, -0.15) is 0 Å². The van der Waals surface area contributed by atoms with Gasteiger partial charge < -0.3 is 15.8 Å². The van der Waals surface area contributed by atoms with Gasteiger partial charge in [0.05, 0.1) is 12.1 Å². The molecule has 0 bridgehead atoms. The van der Waals surface area contributed by atoms with Crippen molar-refractivity contribution in [1.82, 2.24) is 9.97 Å². The number of nitrogens with zero attached hydrogens (tertiary/aromatic N) is 2. The van der Waals surface area contributed by atoms with Crippen LogP contribution in [-0.2, 0) is 0 Å². The van der Waals surface area contributed by atoms with Crippen LogP contribution in [0.5, 0.6) is 0 Å². The maximum Gasteiger partial charge on any atom is 0.145 e. The maximum atomic E-state index is 9.74. The van der Waals surface area contributed by atoms with E-state index in [1.54, 1.807) is 6.07 Å². The summed E-state index contributed by atoms with van der Waals surface area (Å²) in [4.78, 5) is 8.52. The van der Waals surface area contributed by atoms with Crippen molar-refractivity contribution in [3.8, 4) is 0 Å². The number of nitrogens with two attached hydrogens (primary N) is 1. The third kappa shape index (κ3) is 3.33. The van der Waals surface area contributed by atoms with E-state index < -0.39 is 0 Å². The molecule has 0 amide bonds. The highest BCUT2D eigenvalue weighted by Crippen LogP contribution is 2.34. The van der Waals surface area contributed by atoms with Gasteiger partial charge >= 0.3 is 0 Å². The smallest absolute Gasteiger partial charge is 0.145 e. The molecule has 106 valence electrons. The number of hydrogen-bond acceptors (Lipinski definition) is 6. The predicted octanol–water partition coefficient (Wildman–Crippen LogP) is 1.42. The first-order valence-corrected chi connectivity index (χ1v) is 6.78. The van der Waals surface area contributed by atoms with Crippen LogP contribution in [0, 0.1) is 12.8 Å². The van der Waals surface area contributed by atoms with E-state index in [9.17, 15) is 5.11 Å². The summed E-state index contributed by atoms with van der Waals surface area (Å²) in [6, 6.07) is 1.77. The fourth-order valence-electron chi connectivity index (χ4n) is 2.61. The summed E-state index contributed by atoms with van der Waals surface area (Å²) in [6.07, 6.45) is 4.16. The molecule has 1 aliphatic rings. The van der Waals surface area contributed by atoms with Gasteiger partial charge in [-0.15, -0.1) is 0 Å². The number of hydrogen-bond donors (Lipinski definition) is 4. The molecule has 1 aromatic heterocycles. The fourth-order valence-corrected chi connectivity index (χ4v) is 2.61. The van der Waals surface area contributed by atoms with E-state index in [0.717, 1.165) is 31.6 Å². The maximum absolute atomic E-state index is 9.74. The number of hydrazine groups is 1. The second-order valence-electron chi connectivity index (χ2n) is 5.58. The van der Waals surface area contributed by atoms with Crippen molar-refractivity contribution < 1.29 is 5.11 Å². The van der Waals surface area contributed by atoms with Crippen LogP contribution in [-0.4, -0.2) is 27.2 Å². The zero-order valence-electron chi connectivity index (χ0n) is 11.6. The third-order valence-corrected chi connectivity index (χ3v) is 3.91. The first-order valence-electron chi connectivity index (χ1n) is 6.78. The van der Waals surface area contributed by atoms with Crippen LogP contribution in [0.15, 0.2) is 6.07 Å². The van der Waals surface area contributed by atoms with Gasteiger partial charge in [0.1, 0.15) is 17.5 Å². The minimum absolute atomic E-state index is 0.119. The molecular formula is C13H23N5O. The summed E-state index contributed by atoms with van der Waals surface area (Å²) in [6.45, 7) is 4.20. The third-order valence-electron chi connectivity index (χ3n) is 3.91. The average Bonchev–Trinajstić information content (AvgIpc) is 2.41. The van der Waals surface area contributed by atoms with Crippen molar-refractivity contribution in [2.75, 3.05) is 17.3 Å². The van der Waals surface area contributed by atoms with Crippen LogP contribution in [0.3, 0.4) is 0 Å². The van der Waals surface area contributed by atoms with Crippen LogP contribution in [0.25, 0.3) is 0 Å². The molecule has 1 heterocycles. The number of rotatable bonds is 4. The van der Waals surface area contributed by atoms with Crippen LogP contribution < -0.4 is 16.6 Å². The van der Waals surface area contributed by atoms with E-state index in [2.05, 4.69) is 27.6 Å². The molecule has 0 saturated heterocycles. The monoisotopic (exact) mass is 265 g/mol. The van der Waals surface area contributed by atoms with E-state index in [4.69, 9.17) is 5.84 Å². The summed E-state index contributed by atoms with van der Waals surface area (Å²) in [7, 11) is 0. The standard InChI is InChI=1S/C13H23N5O/c1-9-3-5-13(8-19,6-4-9)17-11-7-12(18-14)16-10(2)15-11/h7,9,19H,3-6,8,14H2,1-2H3,(H2,15,16,17,18). The molecule has 1 aliphatic carbocycles. The van der Waals surface area contributed by atoms with Crippen LogP contribution in [0.1, 0.15) is 38.4 Å². The van der Waals surface area contributed by atoms with Crippen molar-refractivity contribution in [2.24, 2.45) is 11.8 Å². The first-order chi connectivity index (χ1) is 9.07. The molecule has 1 aromatic rings. The molecular weight excluding hydrogens is 242 g/mol. The number of nitrogens with one attached hydrogen (secondary N) is 2. The second-order valence-corrected chi connectivity index (χ2v) is 5.58. The van der Waals surface area contributed by atoms with E-state index in [-0.39, 0.29) is 12.1 Å². The Hall–Kier alpha value is -1.40. The second kappa shape index (κ2) is 5.71. The Morgan fingerprint density at radius 3 is 2.58 bits per heavy atom. The molecule has 6 nitrogen and oxygen atoms in total. The van der Waals surface area contributed by atoms with Gasteiger partial charge in [-0.1, -0.05) is 6.92 Å². The Morgan fingerprint density at radius 2 is 2.00 bits per heavy atom. The fraction of sp³-hybridized carbons (Fsp3) is 0.692. The van der Waals surface area contributed by atoms with Crippen molar-refractivity contribution in [2.45, 2.75) is 45.1 Å². The number of anilines is 2. The van der Waals surface area contributed by atoms with Gasteiger partial charge in [0.25, 0.3) is 0 Å². The molecule has 0 radical (unpaired) electrons. The number of nitrogen functional groups attached to an aromatic ring is 1. The van der Waals surface area contributed by atoms with E-state index in [0.29, 0.717) is 17.5 Å². The zero-order chi connectivity index (χ0) is 13.9. The molecule has 1 saturated carbocycles. The van der Waals surface area contributed by atoms with Crippen LogP contribution in [0.4, 0.5) is 11.6 Å².